The van der Waals surface area contributed by atoms with Gasteiger partial charge in [0.15, 0.2) is 0 Å². The average Bonchev–Trinajstić information content (AvgIpc) is 2.46. The first-order valence-corrected chi connectivity index (χ1v) is 7.16. The van der Waals surface area contributed by atoms with Crippen LogP contribution in [-0.2, 0) is 16.1 Å². The van der Waals surface area contributed by atoms with Crippen molar-refractivity contribution in [2.75, 3.05) is 32.8 Å². The van der Waals surface area contributed by atoms with Crippen LogP contribution in [0.4, 0.5) is 0 Å². The summed E-state index contributed by atoms with van der Waals surface area (Å²) in [5.41, 5.74) is 1.27. The van der Waals surface area contributed by atoms with Gasteiger partial charge in [-0.25, -0.2) is 0 Å². The third kappa shape index (κ3) is 4.58. The van der Waals surface area contributed by atoms with E-state index in [1.54, 1.807) is 0 Å². The number of hydrogen-bond donors (Lipinski definition) is 0. The molecule has 1 aromatic heterocycles. The van der Waals surface area contributed by atoms with Crippen LogP contribution in [0.2, 0.25) is 0 Å². The Morgan fingerprint density at radius 1 is 1.25 bits per heavy atom. The molecule has 20 heavy (non-hydrogen) atoms. The molecule has 0 aromatic carbocycles. The molecule has 0 bridgehead atoms. The number of carbonyl (C=O) groups is 1. The number of piperazine rings is 1. The van der Waals surface area contributed by atoms with E-state index >= 15 is 0 Å². The van der Waals surface area contributed by atoms with E-state index in [4.69, 9.17) is 4.74 Å². The van der Waals surface area contributed by atoms with Gasteiger partial charge in [0.05, 0.1) is 6.10 Å². The molecule has 110 valence electrons. The van der Waals surface area contributed by atoms with E-state index in [9.17, 15) is 4.79 Å². The molecular formula is C15H23N3O2. The molecule has 0 spiro atoms. The van der Waals surface area contributed by atoms with Crippen LogP contribution in [0.25, 0.3) is 0 Å². The third-order valence-corrected chi connectivity index (χ3v) is 3.42. The molecule has 1 aromatic rings. The van der Waals surface area contributed by atoms with Crippen molar-refractivity contribution in [3.05, 3.63) is 30.1 Å². The van der Waals surface area contributed by atoms with Gasteiger partial charge in [0, 0.05) is 45.1 Å². The van der Waals surface area contributed by atoms with E-state index < -0.39 is 0 Å². The van der Waals surface area contributed by atoms with Crippen molar-refractivity contribution in [2.24, 2.45) is 0 Å². The predicted octanol–water partition coefficient (Wildman–Crippen LogP) is 1.15. The van der Waals surface area contributed by atoms with E-state index in [2.05, 4.69) is 9.88 Å². The maximum Gasteiger partial charge on any atom is 0.248 e. The summed E-state index contributed by atoms with van der Waals surface area (Å²) >= 11 is 0. The summed E-state index contributed by atoms with van der Waals surface area (Å²) in [7, 11) is 0. The van der Waals surface area contributed by atoms with Gasteiger partial charge in [-0.2, -0.15) is 0 Å². The molecular weight excluding hydrogens is 254 g/mol. The van der Waals surface area contributed by atoms with Crippen molar-refractivity contribution < 1.29 is 9.53 Å². The van der Waals surface area contributed by atoms with Crippen LogP contribution in [0.3, 0.4) is 0 Å². The van der Waals surface area contributed by atoms with Crippen LogP contribution < -0.4 is 0 Å². The summed E-state index contributed by atoms with van der Waals surface area (Å²) < 4.78 is 5.37. The molecule has 1 amide bonds. The Morgan fingerprint density at radius 2 is 1.90 bits per heavy atom. The largest absolute Gasteiger partial charge is 0.369 e. The summed E-state index contributed by atoms with van der Waals surface area (Å²) in [5, 5.41) is 0. The third-order valence-electron chi connectivity index (χ3n) is 3.42. The van der Waals surface area contributed by atoms with Crippen LogP contribution in [0.1, 0.15) is 19.4 Å². The molecule has 0 radical (unpaired) electrons. The Kier molecular flexibility index (Phi) is 5.49. The van der Waals surface area contributed by atoms with Gasteiger partial charge in [-0.1, -0.05) is 0 Å². The molecule has 1 aliphatic heterocycles. The fraction of sp³-hybridized carbons (Fsp3) is 0.600. The second-order valence-corrected chi connectivity index (χ2v) is 5.37. The second kappa shape index (κ2) is 7.36. The zero-order valence-corrected chi connectivity index (χ0v) is 12.3. The number of nitrogens with zero attached hydrogens (tertiary/aromatic N) is 3. The van der Waals surface area contributed by atoms with Gasteiger partial charge in [-0.05, 0) is 31.5 Å². The van der Waals surface area contributed by atoms with E-state index in [-0.39, 0.29) is 18.6 Å². The number of carbonyl (C=O) groups excluding carboxylic acids is 1. The normalized spacial score (nSPS) is 16.6. The quantitative estimate of drug-likeness (QED) is 0.810. The highest BCUT2D eigenvalue weighted by Crippen LogP contribution is 2.08. The highest BCUT2D eigenvalue weighted by molar-refractivity contribution is 5.77. The minimum atomic E-state index is 0.0993. The summed E-state index contributed by atoms with van der Waals surface area (Å²) in [6.07, 6.45) is 3.74. The summed E-state index contributed by atoms with van der Waals surface area (Å²) in [5.74, 6) is 0.0993. The van der Waals surface area contributed by atoms with Gasteiger partial charge in [0.25, 0.3) is 0 Å². The Morgan fingerprint density at radius 3 is 2.50 bits per heavy atom. The van der Waals surface area contributed by atoms with Crippen molar-refractivity contribution >= 4 is 5.91 Å². The zero-order valence-electron chi connectivity index (χ0n) is 12.3. The number of ether oxygens (including phenoxy) is 1. The van der Waals surface area contributed by atoms with Crippen molar-refractivity contribution in [3.8, 4) is 0 Å². The van der Waals surface area contributed by atoms with Crippen LogP contribution in [0, 0.1) is 0 Å². The van der Waals surface area contributed by atoms with Gasteiger partial charge < -0.3 is 9.64 Å². The van der Waals surface area contributed by atoms with Gasteiger partial charge in [0.1, 0.15) is 6.61 Å². The maximum absolute atomic E-state index is 11.9. The minimum absolute atomic E-state index is 0.0993. The van der Waals surface area contributed by atoms with Crippen molar-refractivity contribution in [3.63, 3.8) is 0 Å². The number of hydrogen-bond acceptors (Lipinski definition) is 4. The fourth-order valence-electron chi connectivity index (χ4n) is 2.23. The van der Waals surface area contributed by atoms with Gasteiger partial charge >= 0.3 is 0 Å². The first-order valence-electron chi connectivity index (χ1n) is 7.16. The molecule has 1 aliphatic rings. The lowest BCUT2D eigenvalue weighted by Gasteiger charge is -2.34. The molecule has 1 saturated heterocycles. The molecule has 5 nitrogen and oxygen atoms in total. The molecule has 1 fully saturated rings. The van der Waals surface area contributed by atoms with Crippen LogP contribution in [0.15, 0.2) is 24.5 Å². The monoisotopic (exact) mass is 277 g/mol. The second-order valence-electron chi connectivity index (χ2n) is 5.37. The lowest BCUT2D eigenvalue weighted by molar-refractivity contribution is -0.139. The molecule has 0 saturated carbocycles. The lowest BCUT2D eigenvalue weighted by Crippen LogP contribution is -2.49. The first kappa shape index (κ1) is 14.9. The van der Waals surface area contributed by atoms with Crippen molar-refractivity contribution in [1.29, 1.82) is 0 Å². The van der Waals surface area contributed by atoms with Gasteiger partial charge in [-0.3, -0.25) is 14.7 Å². The summed E-state index contributed by atoms with van der Waals surface area (Å²) in [6, 6.07) is 4.07. The Bertz CT molecular complexity index is 414. The Hall–Kier alpha value is -1.46. The van der Waals surface area contributed by atoms with E-state index in [0.29, 0.717) is 0 Å². The van der Waals surface area contributed by atoms with Crippen molar-refractivity contribution in [1.82, 2.24) is 14.8 Å². The molecule has 2 rings (SSSR count). The van der Waals surface area contributed by atoms with E-state index in [0.717, 1.165) is 32.7 Å². The smallest absolute Gasteiger partial charge is 0.248 e. The molecule has 2 heterocycles. The SMILES string of the molecule is CC(C)OCC(=O)N1CCN(Cc2ccncc2)CC1. The molecule has 0 N–H and O–H groups in total. The number of aromatic nitrogens is 1. The minimum Gasteiger partial charge on any atom is -0.369 e. The van der Waals surface area contributed by atoms with E-state index in [1.807, 2.05) is 43.3 Å². The Labute approximate surface area is 120 Å². The number of pyridine rings is 1. The first-order chi connectivity index (χ1) is 9.65. The maximum atomic E-state index is 11.9. The lowest BCUT2D eigenvalue weighted by atomic mass is 10.2. The summed E-state index contributed by atoms with van der Waals surface area (Å²) in [6.45, 7) is 8.40. The summed E-state index contributed by atoms with van der Waals surface area (Å²) in [4.78, 5) is 20.2. The molecule has 5 heteroatoms. The van der Waals surface area contributed by atoms with E-state index in [1.165, 1.54) is 5.56 Å². The average molecular weight is 277 g/mol. The number of amides is 1. The van der Waals surface area contributed by atoms with Gasteiger partial charge in [0.2, 0.25) is 5.91 Å². The van der Waals surface area contributed by atoms with Crippen LogP contribution >= 0.6 is 0 Å². The molecule has 0 unspecified atom stereocenters. The standard InChI is InChI=1S/C15H23N3O2/c1-13(2)20-12-15(19)18-9-7-17(8-10-18)11-14-3-5-16-6-4-14/h3-6,13H,7-12H2,1-2H3. The van der Waals surface area contributed by atoms with Gasteiger partial charge in [-0.15, -0.1) is 0 Å². The van der Waals surface area contributed by atoms with Crippen molar-refractivity contribution in [2.45, 2.75) is 26.5 Å². The van der Waals surface area contributed by atoms with Crippen LogP contribution in [-0.4, -0.2) is 59.6 Å². The highest BCUT2D eigenvalue weighted by atomic mass is 16.5. The number of rotatable bonds is 5. The fourth-order valence-corrected chi connectivity index (χ4v) is 2.23. The molecule has 0 atom stereocenters. The molecule has 0 aliphatic carbocycles. The zero-order chi connectivity index (χ0) is 14.4. The topological polar surface area (TPSA) is 45.7 Å². The Balaban J connectivity index is 1.73. The predicted molar refractivity (Wildman–Crippen MR) is 77.2 cm³/mol. The highest BCUT2D eigenvalue weighted by Gasteiger charge is 2.21. The van der Waals surface area contributed by atoms with Crippen LogP contribution in [0.5, 0.6) is 0 Å².